The van der Waals surface area contributed by atoms with E-state index in [0.717, 1.165) is 0 Å². The van der Waals surface area contributed by atoms with Gasteiger partial charge in [-0.25, -0.2) is 0 Å². The quantitative estimate of drug-likeness (QED) is 0.491. The molecule has 1 aliphatic rings. The van der Waals surface area contributed by atoms with Crippen LogP contribution in [-0.4, -0.2) is 11.7 Å². The number of rotatable bonds is 0. The molecule has 50 valence electrons. The first kappa shape index (κ1) is 8.17. The first-order valence-electron chi connectivity index (χ1n) is 2.28. The average Bonchev–Trinajstić information content (AvgIpc) is 1.64. The lowest BCUT2D eigenvalue weighted by Crippen LogP contribution is -2.24. The molecular formula is C5H6ClNO2. The summed E-state index contributed by atoms with van der Waals surface area (Å²) in [6.45, 7) is 0. The van der Waals surface area contributed by atoms with Crippen LogP contribution >= 0.6 is 12.4 Å². The molecule has 1 aliphatic heterocycles. The Balaban J connectivity index is 0.000000640. The van der Waals surface area contributed by atoms with Gasteiger partial charge in [0.1, 0.15) is 0 Å². The molecule has 0 aromatic carbocycles. The Bertz CT molecular complexity index is 164. The number of hydrogen-bond acceptors (Lipinski definition) is 2. The SMILES string of the molecule is Cl.O=C1C=CNC(=O)C1. The van der Waals surface area contributed by atoms with Crippen molar-refractivity contribution in [1.82, 2.24) is 5.32 Å². The van der Waals surface area contributed by atoms with Gasteiger partial charge in [-0.3, -0.25) is 9.59 Å². The van der Waals surface area contributed by atoms with E-state index in [4.69, 9.17) is 0 Å². The largest absolute Gasteiger partial charge is 0.332 e. The second-order valence-corrected chi connectivity index (χ2v) is 1.54. The van der Waals surface area contributed by atoms with Gasteiger partial charge in [0.05, 0.1) is 6.42 Å². The molecule has 1 amide bonds. The smallest absolute Gasteiger partial charge is 0.231 e. The Morgan fingerprint density at radius 1 is 1.44 bits per heavy atom. The van der Waals surface area contributed by atoms with Crippen LogP contribution in [-0.2, 0) is 9.59 Å². The molecule has 0 saturated heterocycles. The van der Waals surface area contributed by atoms with Crippen LogP contribution in [0.3, 0.4) is 0 Å². The molecule has 1 rings (SSSR count). The fourth-order valence-electron chi connectivity index (χ4n) is 0.496. The predicted molar refractivity (Wildman–Crippen MR) is 34.2 cm³/mol. The standard InChI is InChI=1S/C5H5NO2.ClH/c7-4-1-2-6-5(8)3-4;/h1-2H,3H2,(H,6,8);1H. The Morgan fingerprint density at radius 3 is 2.44 bits per heavy atom. The van der Waals surface area contributed by atoms with E-state index in [0.29, 0.717) is 0 Å². The minimum Gasteiger partial charge on any atom is -0.332 e. The summed E-state index contributed by atoms with van der Waals surface area (Å²) in [5.74, 6) is -0.355. The van der Waals surface area contributed by atoms with Crippen molar-refractivity contribution in [2.24, 2.45) is 0 Å². The van der Waals surface area contributed by atoms with E-state index in [1.807, 2.05) is 0 Å². The number of hydrogen-bond donors (Lipinski definition) is 1. The maximum absolute atomic E-state index is 10.3. The topological polar surface area (TPSA) is 46.2 Å². The van der Waals surface area contributed by atoms with E-state index < -0.39 is 0 Å². The highest BCUT2D eigenvalue weighted by Crippen LogP contribution is 1.90. The van der Waals surface area contributed by atoms with Gasteiger partial charge in [-0.05, 0) is 6.08 Å². The van der Waals surface area contributed by atoms with Gasteiger partial charge in [0.2, 0.25) is 5.91 Å². The zero-order valence-corrected chi connectivity index (χ0v) is 5.40. The van der Waals surface area contributed by atoms with Crippen LogP contribution < -0.4 is 5.32 Å². The van der Waals surface area contributed by atoms with Crippen LogP contribution in [0.1, 0.15) is 6.42 Å². The van der Waals surface area contributed by atoms with E-state index in [-0.39, 0.29) is 30.5 Å². The molecule has 0 aliphatic carbocycles. The lowest BCUT2D eigenvalue weighted by Gasteiger charge is -2.00. The van der Waals surface area contributed by atoms with Crippen molar-refractivity contribution in [3.8, 4) is 0 Å². The minimum atomic E-state index is -0.225. The molecule has 0 unspecified atom stereocenters. The van der Waals surface area contributed by atoms with Gasteiger partial charge >= 0.3 is 0 Å². The fourth-order valence-corrected chi connectivity index (χ4v) is 0.496. The predicted octanol–water partition coefficient (Wildman–Crippen LogP) is 0.0109. The molecule has 3 nitrogen and oxygen atoms in total. The molecule has 0 aromatic heterocycles. The van der Waals surface area contributed by atoms with Crippen molar-refractivity contribution in [1.29, 1.82) is 0 Å². The van der Waals surface area contributed by atoms with Crippen LogP contribution in [0.2, 0.25) is 0 Å². The van der Waals surface area contributed by atoms with Crippen LogP contribution in [0.25, 0.3) is 0 Å². The van der Waals surface area contributed by atoms with Crippen molar-refractivity contribution in [3.05, 3.63) is 12.3 Å². The summed E-state index contributed by atoms with van der Waals surface area (Å²) in [5.41, 5.74) is 0. The third-order valence-electron chi connectivity index (χ3n) is 0.848. The monoisotopic (exact) mass is 147 g/mol. The van der Waals surface area contributed by atoms with Crippen molar-refractivity contribution in [2.45, 2.75) is 6.42 Å². The maximum Gasteiger partial charge on any atom is 0.231 e. The maximum atomic E-state index is 10.3. The first-order chi connectivity index (χ1) is 3.79. The van der Waals surface area contributed by atoms with E-state index in [1.165, 1.54) is 12.3 Å². The number of ketones is 1. The molecule has 0 aromatic rings. The van der Waals surface area contributed by atoms with E-state index in [1.54, 1.807) is 0 Å². The molecule has 0 atom stereocenters. The van der Waals surface area contributed by atoms with Crippen LogP contribution in [0, 0.1) is 0 Å². The third kappa shape index (κ3) is 2.28. The second kappa shape index (κ2) is 3.25. The Morgan fingerprint density at radius 2 is 2.11 bits per heavy atom. The summed E-state index contributed by atoms with van der Waals surface area (Å²) >= 11 is 0. The van der Waals surface area contributed by atoms with Crippen molar-refractivity contribution < 1.29 is 9.59 Å². The summed E-state index contributed by atoms with van der Waals surface area (Å²) in [6, 6.07) is 0. The van der Waals surface area contributed by atoms with E-state index in [9.17, 15) is 9.59 Å². The van der Waals surface area contributed by atoms with Gasteiger partial charge in [0.15, 0.2) is 5.78 Å². The second-order valence-electron chi connectivity index (χ2n) is 1.54. The summed E-state index contributed by atoms with van der Waals surface area (Å²) in [6.07, 6.45) is 2.70. The van der Waals surface area contributed by atoms with E-state index in [2.05, 4.69) is 5.32 Å². The molecule has 0 fully saturated rings. The Labute approximate surface area is 58.5 Å². The van der Waals surface area contributed by atoms with Crippen molar-refractivity contribution >= 4 is 24.1 Å². The molecule has 0 spiro atoms. The summed E-state index contributed by atoms with van der Waals surface area (Å²) in [5, 5.41) is 2.37. The van der Waals surface area contributed by atoms with Crippen LogP contribution in [0.4, 0.5) is 0 Å². The highest BCUT2D eigenvalue weighted by Gasteiger charge is 2.08. The van der Waals surface area contributed by atoms with Gasteiger partial charge in [0.25, 0.3) is 0 Å². The summed E-state index contributed by atoms with van der Waals surface area (Å²) in [4.78, 5) is 20.6. The zero-order valence-electron chi connectivity index (χ0n) is 4.59. The molecule has 0 bridgehead atoms. The van der Waals surface area contributed by atoms with Gasteiger partial charge < -0.3 is 5.32 Å². The summed E-state index contributed by atoms with van der Waals surface area (Å²) in [7, 11) is 0. The van der Waals surface area contributed by atoms with Crippen molar-refractivity contribution in [2.75, 3.05) is 0 Å². The number of allylic oxidation sites excluding steroid dienone is 1. The van der Waals surface area contributed by atoms with Gasteiger partial charge in [-0.15, -0.1) is 12.4 Å². The number of halogens is 1. The van der Waals surface area contributed by atoms with Crippen molar-refractivity contribution in [3.63, 3.8) is 0 Å². The number of nitrogens with one attached hydrogen (secondary N) is 1. The highest BCUT2D eigenvalue weighted by atomic mass is 35.5. The van der Waals surface area contributed by atoms with Gasteiger partial charge in [-0.2, -0.15) is 0 Å². The summed E-state index contributed by atoms with van der Waals surface area (Å²) < 4.78 is 0. The highest BCUT2D eigenvalue weighted by molar-refractivity contribution is 6.06. The number of carbonyl (C=O) groups excluding carboxylic acids is 2. The molecule has 0 radical (unpaired) electrons. The van der Waals surface area contributed by atoms with Crippen LogP contribution in [0.15, 0.2) is 12.3 Å². The number of amides is 1. The average molecular weight is 148 g/mol. The van der Waals surface area contributed by atoms with E-state index >= 15 is 0 Å². The fraction of sp³-hybridized carbons (Fsp3) is 0.200. The Hall–Kier alpha value is -0.830. The lowest BCUT2D eigenvalue weighted by molar-refractivity contribution is -0.126. The normalized spacial score (nSPS) is 16.4. The molecule has 1 N–H and O–H groups in total. The molecule has 4 heteroatoms. The van der Waals surface area contributed by atoms with Gasteiger partial charge in [-0.1, -0.05) is 0 Å². The molecule has 1 heterocycles. The molecule has 0 saturated carbocycles. The molecule has 9 heavy (non-hydrogen) atoms. The van der Waals surface area contributed by atoms with Crippen LogP contribution in [0.5, 0.6) is 0 Å². The first-order valence-corrected chi connectivity index (χ1v) is 2.28. The minimum absolute atomic E-state index is 0. The number of carbonyl (C=O) groups is 2. The van der Waals surface area contributed by atoms with Gasteiger partial charge in [0, 0.05) is 6.20 Å². The molecular weight excluding hydrogens is 142 g/mol. The lowest BCUT2D eigenvalue weighted by atomic mass is 10.2. The third-order valence-corrected chi connectivity index (χ3v) is 0.848. The Kier molecular flexibility index (Phi) is 2.95. The zero-order chi connectivity index (χ0) is 5.98.